The second-order valence-electron chi connectivity index (χ2n) is 6.89. The summed E-state index contributed by atoms with van der Waals surface area (Å²) in [6.07, 6.45) is 8.03. The molecule has 146 valence electrons. The van der Waals surface area contributed by atoms with E-state index in [0.717, 1.165) is 44.1 Å². The van der Waals surface area contributed by atoms with Crippen LogP contribution in [0.2, 0.25) is 0 Å². The summed E-state index contributed by atoms with van der Waals surface area (Å²) < 4.78 is 5.36. The maximum atomic E-state index is 11.7. The highest BCUT2D eigenvalue weighted by Gasteiger charge is 2.14. The van der Waals surface area contributed by atoms with Crippen molar-refractivity contribution >= 4 is 11.8 Å². The van der Waals surface area contributed by atoms with Crippen LogP contribution in [0.5, 0.6) is 11.5 Å². The van der Waals surface area contributed by atoms with Gasteiger partial charge in [0, 0.05) is 32.3 Å². The van der Waals surface area contributed by atoms with E-state index in [1.54, 1.807) is 12.1 Å². The summed E-state index contributed by atoms with van der Waals surface area (Å²) in [4.78, 5) is 23.1. The van der Waals surface area contributed by atoms with Gasteiger partial charge in [0.2, 0.25) is 0 Å². The van der Waals surface area contributed by atoms with Gasteiger partial charge in [-0.3, -0.25) is 9.59 Å². The molecule has 1 unspecified atom stereocenters. The molecule has 1 aromatic carbocycles. The molecular formula is C21H32O5. The Labute approximate surface area is 156 Å². The number of unbranched alkanes of at least 4 members (excludes halogenated alkanes) is 4. The van der Waals surface area contributed by atoms with Crippen LogP contribution >= 0.6 is 0 Å². The van der Waals surface area contributed by atoms with E-state index in [0.29, 0.717) is 31.5 Å². The monoisotopic (exact) mass is 364 g/mol. The average molecular weight is 364 g/mol. The summed E-state index contributed by atoms with van der Waals surface area (Å²) in [5.74, 6) is -0.0259. The first-order valence-corrected chi connectivity index (χ1v) is 9.61. The van der Waals surface area contributed by atoms with Crippen molar-refractivity contribution in [3.8, 4) is 11.5 Å². The molecule has 0 aliphatic rings. The van der Waals surface area contributed by atoms with E-state index in [1.807, 2.05) is 0 Å². The van der Waals surface area contributed by atoms with Gasteiger partial charge in [-0.25, -0.2) is 0 Å². The summed E-state index contributed by atoms with van der Waals surface area (Å²) in [6, 6.07) is 4.39. The molecule has 26 heavy (non-hydrogen) atoms. The van der Waals surface area contributed by atoms with Crippen LogP contribution < -0.4 is 0 Å². The largest absolute Gasteiger partial charge is 0.508 e. The van der Waals surface area contributed by atoms with Gasteiger partial charge in [-0.1, -0.05) is 26.2 Å². The lowest BCUT2D eigenvalue weighted by molar-refractivity contribution is -0.146. The van der Waals surface area contributed by atoms with Gasteiger partial charge in [0.15, 0.2) is 0 Å². The first kappa shape index (κ1) is 22.0. The van der Waals surface area contributed by atoms with Crippen LogP contribution in [0.25, 0.3) is 0 Å². The molecule has 0 amide bonds. The summed E-state index contributed by atoms with van der Waals surface area (Å²) in [6.45, 7) is 3.50. The molecule has 0 fully saturated rings. The van der Waals surface area contributed by atoms with Crippen molar-refractivity contribution < 1.29 is 24.5 Å². The number of esters is 1. The Morgan fingerprint density at radius 1 is 0.962 bits per heavy atom. The van der Waals surface area contributed by atoms with Crippen molar-refractivity contribution in [3.05, 3.63) is 23.8 Å². The molecule has 2 N–H and O–H groups in total. The number of ether oxygens (including phenoxy) is 1. The first-order valence-electron chi connectivity index (χ1n) is 9.61. The lowest BCUT2D eigenvalue weighted by atomic mass is 10.0. The maximum Gasteiger partial charge on any atom is 0.302 e. The molecule has 1 rings (SSSR count). The van der Waals surface area contributed by atoms with E-state index in [-0.39, 0.29) is 23.6 Å². The minimum Gasteiger partial charge on any atom is -0.508 e. The molecule has 0 spiro atoms. The molecule has 1 aromatic rings. The van der Waals surface area contributed by atoms with E-state index < -0.39 is 0 Å². The molecule has 0 aromatic heterocycles. The number of ketones is 1. The van der Waals surface area contributed by atoms with Gasteiger partial charge in [-0.05, 0) is 43.4 Å². The predicted molar refractivity (Wildman–Crippen MR) is 101 cm³/mol. The van der Waals surface area contributed by atoms with Crippen LogP contribution in [-0.2, 0) is 20.7 Å². The number of rotatable bonds is 13. The second-order valence-corrected chi connectivity index (χ2v) is 6.89. The highest BCUT2D eigenvalue weighted by Crippen LogP contribution is 2.23. The van der Waals surface area contributed by atoms with Crippen LogP contribution in [0.15, 0.2) is 18.2 Å². The van der Waals surface area contributed by atoms with Crippen LogP contribution in [0, 0.1) is 0 Å². The standard InChI is InChI=1S/C21H32O5/c1-3-4-6-9-18(23)10-7-5-8-11-21(26-16(2)22)14-17-12-19(24)15-20(25)13-17/h12-13,15,21,24-25H,3-11,14H2,1-2H3. The highest BCUT2D eigenvalue weighted by molar-refractivity contribution is 5.78. The Bertz CT molecular complexity index is 547. The van der Waals surface area contributed by atoms with E-state index in [9.17, 15) is 19.8 Å². The Morgan fingerprint density at radius 2 is 1.58 bits per heavy atom. The molecule has 0 aliphatic heterocycles. The van der Waals surface area contributed by atoms with E-state index in [1.165, 1.54) is 13.0 Å². The van der Waals surface area contributed by atoms with Crippen molar-refractivity contribution in [2.24, 2.45) is 0 Å². The molecule has 0 heterocycles. The van der Waals surface area contributed by atoms with Gasteiger partial charge in [-0.2, -0.15) is 0 Å². The van der Waals surface area contributed by atoms with Crippen molar-refractivity contribution in [1.29, 1.82) is 0 Å². The molecule has 5 heteroatoms. The van der Waals surface area contributed by atoms with Crippen LogP contribution in [-0.4, -0.2) is 28.1 Å². The van der Waals surface area contributed by atoms with E-state index in [2.05, 4.69) is 6.92 Å². The van der Waals surface area contributed by atoms with Crippen LogP contribution in [0.1, 0.15) is 77.2 Å². The molecule has 0 aliphatic carbocycles. The van der Waals surface area contributed by atoms with Crippen LogP contribution in [0.3, 0.4) is 0 Å². The zero-order chi connectivity index (χ0) is 19.4. The molecule has 0 bridgehead atoms. The maximum absolute atomic E-state index is 11.7. The number of hydrogen-bond donors (Lipinski definition) is 2. The number of aromatic hydroxyl groups is 2. The molecule has 0 radical (unpaired) electrons. The molecule has 5 nitrogen and oxygen atoms in total. The van der Waals surface area contributed by atoms with Crippen molar-refractivity contribution in [3.63, 3.8) is 0 Å². The van der Waals surface area contributed by atoms with Gasteiger partial charge >= 0.3 is 5.97 Å². The lowest BCUT2D eigenvalue weighted by Gasteiger charge is -2.17. The van der Waals surface area contributed by atoms with Gasteiger partial charge < -0.3 is 14.9 Å². The second kappa shape index (κ2) is 12.3. The lowest BCUT2D eigenvalue weighted by Crippen LogP contribution is -2.19. The van der Waals surface area contributed by atoms with E-state index >= 15 is 0 Å². The Kier molecular flexibility index (Phi) is 10.4. The van der Waals surface area contributed by atoms with Crippen LogP contribution in [0.4, 0.5) is 0 Å². The number of Topliss-reactive ketones (excluding diaryl/α,β-unsaturated/α-hetero) is 1. The minimum absolute atomic E-state index is 0.0110. The van der Waals surface area contributed by atoms with Gasteiger partial charge in [0.1, 0.15) is 23.4 Å². The predicted octanol–water partition coefficient (Wildman–Crippen LogP) is 4.67. The summed E-state index contributed by atoms with van der Waals surface area (Å²) in [5, 5.41) is 19.1. The zero-order valence-corrected chi connectivity index (χ0v) is 16.0. The third-order valence-corrected chi connectivity index (χ3v) is 4.30. The fourth-order valence-corrected chi connectivity index (χ4v) is 3.04. The average Bonchev–Trinajstić information content (AvgIpc) is 2.53. The molecule has 0 saturated carbocycles. The van der Waals surface area contributed by atoms with Crippen molar-refractivity contribution in [1.82, 2.24) is 0 Å². The minimum atomic E-state index is -0.342. The number of benzene rings is 1. The van der Waals surface area contributed by atoms with Gasteiger partial charge in [-0.15, -0.1) is 0 Å². The third kappa shape index (κ3) is 10.1. The topological polar surface area (TPSA) is 83.8 Å². The summed E-state index contributed by atoms with van der Waals surface area (Å²) >= 11 is 0. The highest BCUT2D eigenvalue weighted by atomic mass is 16.5. The summed E-state index contributed by atoms with van der Waals surface area (Å²) in [5.41, 5.74) is 0.722. The number of carbonyl (C=O) groups excluding carboxylic acids is 2. The fraction of sp³-hybridized carbons (Fsp3) is 0.619. The summed E-state index contributed by atoms with van der Waals surface area (Å²) in [7, 11) is 0. The first-order chi connectivity index (χ1) is 12.4. The SMILES string of the molecule is CCCCCC(=O)CCCCCC(Cc1cc(O)cc(O)c1)OC(C)=O. The normalized spacial score (nSPS) is 11.9. The molecular weight excluding hydrogens is 332 g/mol. The van der Waals surface area contributed by atoms with Crippen molar-refractivity contribution in [2.75, 3.05) is 0 Å². The third-order valence-electron chi connectivity index (χ3n) is 4.30. The Balaban J connectivity index is 2.36. The zero-order valence-electron chi connectivity index (χ0n) is 16.0. The number of hydrogen-bond acceptors (Lipinski definition) is 5. The Morgan fingerprint density at radius 3 is 2.15 bits per heavy atom. The number of phenols is 2. The van der Waals surface area contributed by atoms with Gasteiger partial charge in [0.05, 0.1) is 0 Å². The van der Waals surface area contributed by atoms with Crippen molar-refractivity contribution in [2.45, 2.75) is 84.2 Å². The number of phenolic OH excluding ortho intramolecular Hbond substituents is 2. The van der Waals surface area contributed by atoms with Gasteiger partial charge in [0.25, 0.3) is 0 Å². The smallest absolute Gasteiger partial charge is 0.302 e. The number of carbonyl (C=O) groups is 2. The molecule has 1 atom stereocenters. The Hall–Kier alpha value is -2.04. The molecule has 0 saturated heterocycles. The van der Waals surface area contributed by atoms with E-state index in [4.69, 9.17) is 4.74 Å². The quantitative estimate of drug-likeness (QED) is 0.392. The fourth-order valence-electron chi connectivity index (χ4n) is 3.04.